The number of carbonyl (C=O) groups is 1. The Balaban J connectivity index is 3.27. The Hall–Kier alpha value is -1.07. The lowest BCUT2D eigenvalue weighted by Gasteiger charge is -2.18. The molecule has 0 fully saturated rings. The second-order valence-electron chi connectivity index (χ2n) is 3.91. The number of aliphatic hydroxyl groups is 1. The van der Waals surface area contributed by atoms with Crippen LogP contribution in [0.2, 0.25) is 0 Å². The van der Waals surface area contributed by atoms with Crippen molar-refractivity contribution in [1.29, 1.82) is 0 Å². The van der Waals surface area contributed by atoms with E-state index in [0.29, 0.717) is 11.3 Å². The Kier molecular flexibility index (Phi) is 5.16. The summed E-state index contributed by atoms with van der Waals surface area (Å²) in [5.41, 5.74) is 2.37. The molecule has 1 atom stereocenters. The van der Waals surface area contributed by atoms with E-state index in [4.69, 9.17) is 9.47 Å². The average Bonchev–Trinajstić information content (AvgIpc) is 2.35. The van der Waals surface area contributed by atoms with Gasteiger partial charge in [0.1, 0.15) is 5.75 Å². The lowest BCUT2D eigenvalue weighted by Crippen LogP contribution is -2.16. The van der Waals surface area contributed by atoms with Gasteiger partial charge in [-0.05, 0) is 53.9 Å². The van der Waals surface area contributed by atoms with Crippen molar-refractivity contribution in [3.05, 3.63) is 27.2 Å². The van der Waals surface area contributed by atoms with Gasteiger partial charge in [0.15, 0.2) is 6.10 Å². The minimum atomic E-state index is -1.34. The van der Waals surface area contributed by atoms with Crippen molar-refractivity contribution in [2.75, 3.05) is 13.7 Å². The van der Waals surface area contributed by atoms with E-state index in [2.05, 4.69) is 15.9 Å². The van der Waals surface area contributed by atoms with Crippen molar-refractivity contribution >= 4 is 21.9 Å². The summed E-state index contributed by atoms with van der Waals surface area (Å²) < 4.78 is 10.8. The first kappa shape index (κ1) is 15.0. The number of hydrogen-bond donors (Lipinski definition) is 1. The maximum absolute atomic E-state index is 11.6. The molecular weight excluding hydrogens is 300 g/mol. The third-order valence-corrected chi connectivity index (χ3v) is 3.72. The smallest absolute Gasteiger partial charge is 0.339 e. The van der Waals surface area contributed by atoms with Crippen LogP contribution in [0.1, 0.15) is 29.7 Å². The minimum Gasteiger partial charge on any atom is -0.495 e. The minimum absolute atomic E-state index is 0.226. The van der Waals surface area contributed by atoms with E-state index in [9.17, 15) is 9.90 Å². The van der Waals surface area contributed by atoms with Crippen molar-refractivity contribution in [3.8, 4) is 5.75 Å². The van der Waals surface area contributed by atoms with E-state index in [1.54, 1.807) is 13.0 Å². The molecule has 0 heterocycles. The SMILES string of the molecule is CCOC(=O)C(O)c1cc(C)c(C)c(Br)c1OC. The van der Waals surface area contributed by atoms with Crippen molar-refractivity contribution in [2.24, 2.45) is 0 Å². The number of esters is 1. The molecule has 0 spiro atoms. The highest BCUT2D eigenvalue weighted by Gasteiger charge is 2.25. The van der Waals surface area contributed by atoms with Gasteiger partial charge in [0.05, 0.1) is 18.2 Å². The highest BCUT2D eigenvalue weighted by molar-refractivity contribution is 9.10. The lowest BCUT2D eigenvalue weighted by molar-refractivity contribution is -0.153. The molecule has 1 unspecified atom stereocenters. The Morgan fingerprint density at radius 3 is 2.61 bits per heavy atom. The Bertz CT molecular complexity index is 457. The zero-order chi connectivity index (χ0) is 13.9. The quantitative estimate of drug-likeness (QED) is 0.868. The van der Waals surface area contributed by atoms with Gasteiger partial charge in [-0.15, -0.1) is 0 Å². The number of benzene rings is 1. The fourth-order valence-electron chi connectivity index (χ4n) is 1.64. The van der Waals surface area contributed by atoms with E-state index in [0.717, 1.165) is 15.6 Å². The normalized spacial score (nSPS) is 12.1. The molecule has 100 valence electrons. The van der Waals surface area contributed by atoms with Gasteiger partial charge in [-0.25, -0.2) is 4.79 Å². The molecule has 0 saturated heterocycles. The van der Waals surface area contributed by atoms with Crippen LogP contribution in [-0.4, -0.2) is 24.8 Å². The van der Waals surface area contributed by atoms with Crippen LogP contribution < -0.4 is 4.74 Å². The number of aryl methyl sites for hydroxylation is 1. The van der Waals surface area contributed by atoms with E-state index in [1.807, 2.05) is 13.8 Å². The van der Waals surface area contributed by atoms with Crippen LogP contribution in [0.15, 0.2) is 10.5 Å². The first-order valence-electron chi connectivity index (χ1n) is 5.62. The zero-order valence-corrected chi connectivity index (χ0v) is 12.5. The summed E-state index contributed by atoms with van der Waals surface area (Å²) in [6.45, 7) is 5.76. The van der Waals surface area contributed by atoms with Crippen LogP contribution >= 0.6 is 15.9 Å². The first-order chi connectivity index (χ1) is 8.43. The van der Waals surface area contributed by atoms with Crippen LogP contribution in [-0.2, 0) is 9.53 Å². The summed E-state index contributed by atoms with van der Waals surface area (Å²) in [5.74, 6) is -0.218. The van der Waals surface area contributed by atoms with Crippen LogP contribution in [0, 0.1) is 13.8 Å². The van der Waals surface area contributed by atoms with Gasteiger partial charge in [-0.1, -0.05) is 0 Å². The van der Waals surface area contributed by atoms with E-state index in [-0.39, 0.29) is 6.61 Å². The lowest BCUT2D eigenvalue weighted by atomic mass is 10.0. The molecule has 0 amide bonds. The number of ether oxygens (including phenoxy) is 2. The third-order valence-electron chi connectivity index (χ3n) is 2.76. The van der Waals surface area contributed by atoms with Gasteiger partial charge in [-0.2, -0.15) is 0 Å². The summed E-state index contributed by atoms with van der Waals surface area (Å²) in [5, 5.41) is 10.00. The van der Waals surface area contributed by atoms with E-state index < -0.39 is 12.1 Å². The van der Waals surface area contributed by atoms with E-state index >= 15 is 0 Å². The van der Waals surface area contributed by atoms with Crippen LogP contribution in [0.4, 0.5) is 0 Å². The molecule has 18 heavy (non-hydrogen) atoms. The largest absolute Gasteiger partial charge is 0.495 e. The van der Waals surface area contributed by atoms with Crippen LogP contribution in [0.25, 0.3) is 0 Å². The summed E-state index contributed by atoms with van der Waals surface area (Å²) in [6, 6.07) is 1.74. The maximum atomic E-state index is 11.6. The molecule has 5 heteroatoms. The van der Waals surface area contributed by atoms with Gasteiger partial charge >= 0.3 is 5.97 Å². The number of rotatable bonds is 4. The molecule has 0 radical (unpaired) electrons. The molecule has 1 aromatic rings. The molecule has 0 aliphatic carbocycles. The van der Waals surface area contributed by atoms with Crippen molar-refractivity contribution < 1.29 is 19.4 Å². The average molecular weight is 317 g/mol. The zero-order valence-electron chi connectivity index (χ0n) is 10.9. The highest BCUT2D eigenvalue weighted by Crippen LogP contribution is 2.37. The first-order valence-corrected chi connectivity index (χ1v) is 6.41. The van der Waals surface area contributed by atoms with Crippen LogP contribution in [0.5, 0.6) is 5.75 Å². The van der Waals surface area contributed by atoms with Gasteiger partial charge in [0, 0.05) is 5.56 Å². The molecule has 1 rings (SSSR count). The van der Waals surface area contributed by atoms with Gasteiger partial charge in [0.2, 0.25) is 0 Å². The highest BCUT2D eigenvalue weighted by atomic mass is 79.9. The Morgan fingerprint density at radius 2 is 2.11 bits per heavy atom. The topological polar surface area (TPSA) is 55.8 Å². The number of methoxy groups -OCH3 is 1. The van der Waals surface area contributed by atoms with E-state index in [1.165, 1.54) is 7.11 Å². The number of hydrogen-bond acceptors (Lipinski definition) is 4. The number of halogens is 1. The fourth-order valence-corrected chi connectivity index (χ4v) is 2.34. The molecule has 1 N–H and O–H groups in total. The predicted molar refractivity (Wildman–Crippen MR) is 71.8 cm³/mol. The van der Waals surface area contributed by atoms with Gasteiger partial charge in [-0.3, -0.25) is 0 Å². The second-order valence-corrected chi connectivity index (χ2v) is 4.70. The summed E-state index contributed by atoms with van der Waals surface area (Å²) >= 11 is 3.41. The molecule has 1 aromatic carbocycles. The monoisotopic (exact) mass is 316 g/mol. The number of carbonyl (C=O) groups excluding carboxylic acids is 1. The number of aliphatic hydroxyl groups excluding tert-OH is 1. The van der Waals surface area contributed by atoms with Gasteiger partial charge < -0.3 is 14.6 Å². The Labute approximate surface area is 115 Å². The summed E-state index contributed by atoms with van der Waals surface area (Å²) in [7, 11) is 1.50. The molecule has 0 aromatic heterocycles. The molecule has 0 aliphatic rings. The molecule has 0 bridgehead atoms. The maximum Gasteiger partial charge on any atom is 0.339 e. The van der Waals surface area contributed by atoms with Crippen molar-refractivity contribution in [1.82, 2.24) is 0 Å². The predicted octanol–water partition coefficient (Wildman–Crippen LogP) is 2.67. The second kappa shape index (κ2) is 6.20. The fraction of sp³-hybridized carbons (Fsp3) is 0.462. The summed E-state index contributed by atoms with van der Waals surface area (Å²) in [6.07, 6.45) is -1.34. The molecule has 4 nitrogen and oxygen atoms in total. The summed E-state index contributed by atoms with van der Waals surface area (Å²) in [4.78, 5) is 11.6. The van der Waals surface area contributed by atoms with Crippen molar-refractivity contribution in [3.63, 3.8) is 0 Å². The third kappa shape index (κ3) is 2.84. The van der Waals surface area contributed by atoms with Gasteiger partial charge in [0.25, 0.3) is 0 Å². The molecule has 0 saturated carbocycles. The van der Waals surface area contributed by atoms with Crippen molar-refractivity contribution in [2.45, 2.75) is 26.9 Å². The van der Waals surface area contributed by atoms with Crippen LogP contribution in [0.3, 0.4) is 0 Å². The standard InChI is InChI=1S/C13H17BrO4/c1-5-18-13(16)11(15)9-6-7(2)8(3)10(14)12(9)17-4/h6,11,15H,5H2,1-4H3. The molecular formula is C13H17BrO4. The Morgan fingerprint density at radius 1 is 1.50 bits per heavy atom. The molecule has 0 aliphatic heterocycles.